The third-order valence-corrected chi connectivity index (χ3v) is 4.34. The van der Waals surface area contributed by atoms with Crippen LogP contribution < -0.4 is 0 Å². The molecule has 0 aromatic heterocycles. The summed E-state index contributed by atoms with van der Waals surface area (Å²) >= 11 is 0. The van der Waals surface area contributed by atoms with Gasteiger partial charge in [0.25, 0.3) is 0 Å². The van der Waals surface area contributed by atoms with Gasteiger partial charge in [-0.3, -0.25) is 0 Å². The molecule has 0 heterocycles. The van der Waals surface area contributed by atoms with Crippen LogP contribution in [0.5, 0.6) is 0 Å². The summed E-state index contributed by atoms with van der Waals surface area (Å²) in [6.07, 6.45) is 17.0. The van der Waals surface area contributed by atoms with Gasteiger partial charge in [0.15, 0.2) is 0 Å². The van der Waals surface area contributed by atoms with E-state index in [9.17, 15) is 0 Å². The molecule has 0 rings (SSSR count). The van der Waals surface area contributed by atoms with Crippen molar-refractivity contribution >= 4 is 0 Å². The van der Waals surface area contributed by atoms with Crippen molar-refractivity contribution in [1.29, 1.82) is 5.26 Å². The Bertz CT molecular complexity index is 228. The van der Waals surface area contributed by atoms with E-state index >= 15 is 0 Å². The van der Waals surface area contributed by atoms with Gasteiger partial charge in [-0.2, -0.15) is 5.26 Å². The van der Waals surface area contributed by atoms with Crippen molar-refractivity contribution in [3.63, 3.8) is 0 Å². The minimum atomic E-state index is 0.741. The summed E-state index contributed by atoms with van der Waals surface area (Å²) in [5, 5.41) is 8.48. The highest BCUT2D eigenvalue weighted by Gasteiger charge is 2.08. The maximum atomic E-state index is 8.48. The van der Waals surface area contributed by atoms with Gasteiger partial charge in [0.2, 0.25) is 0 Å². The second-order valence-electron chi connectivity index (χ2n) is 6.76. The van der Waals surface area contributed by atoms with Crippen molar-refractivity contribution in [2.45, 2.75) is 104 Å². The summed E-state index contributed by atoms with van der Waals surface area (Å²) in [5.41, 5.74) is 0. The van der Waals surface area contributed by atoms with Crippen molar-refractivity contribution in [3.05, 3.63) is 0 Å². The van der Waals surface area contributed by atoms with Crippen molar-refractivity contribution in [1.82, 2.24) is 0 Å². The smallest absolute Gasteiger partial charge is 0.0621 e. The van der Waals surface area contributed by atoms with Crippen LogP contribution in [0.3, 0.4) is 0 Å². The van der Waals surface area contributed by atoms with E-state index in [0.717, 1.165) is 24.7 Å². The Labute approximate surface area is 128 Å². The first-order valence-corrected chi connectivity index (χ1v) is 9.07. The number of rotatable bonds is 14. The monoisotopic (exact) mass is 279 g/mol. The molecule has 118 valence electrons. The number of nitriles is 1. The fourth-order valence-corrected chi connectivity index (χ4v) is 3.07. The Morgan fingerprint density at radius 3 is 1.75 bits per heavy atom. The summed E-state index contributed by atoms with van der Waals surface area (Å²) < 4.78 is 0. The molecule has 0 N–H and O–H groups in total. The summed E-state index contributed by atoms with van der Waals surface area (Å²) in [6.45, 7) is 7.14. The first-order valence-electron chi connectivity index (χ1n) is 9.07. The molecule has 0 aliphatic heterocycles. The van der Waals surface area contributed by atoms with Gasteiger partial charge in [0, 0.05) is 6.42 Å². The van der Waals surface area contributed by atoms with Crippen LogP contribution in [0.15, 0.2) is 0 Å². The molecule has 0 aliphatic rings. The Balaban J connectivity index is 3.36. The predicted molar refractivity (Wildman–Crippen MR) is 89.6 cm³/mol. The van der Waals surface area contributed by atoms with Crippen LogP contribution in [0.2, 0.25) is 0 Å². The molecule has 1 heteroatoms. The van der Waals surface area contributed by atoms with Gasteiger partial charge in [-0.1, -0.05) is 85.0 Å². The van der Waals surface area contributed by atoms with Crippen LogP contribution >= 0.6 is 0 Å². The van der Waals surface area contributed by atoms with E-state index < -0.39 is 0 Å². The highest BCUT2D eigenvalue weighted by Crippen LogP contribution is 2.22. The molecular formula is C19H37N. The van der Waals surface area contributed by atoms with E-state index in [1.54, 1.807) is 0 Å². The van der Waals surface area contributed by atoms with Crippen molar-refractivity contribution in [3.8, 4) is 6.07 Å². The number of hydrogen-bond donors (Lipinski definition) is 0. The third-order valence-electron chi connectivity index (χ3n) is 4.34. The van der Waals surface area contributed by atoms with E-state index in [4.69, 9.17) is 5.26 Å². The molecule has 2 unspecified atom stereocenters. The fourth-order valence-electron chi connectivity index (χ4n) is 3.07. The SMILES string of the molecule is CCCCCCCC(C)CC(C)CCCCCCC#N. The van der Waals surface area contributed by atoms with Gasteiger partial charge < -0.3 is 0 Å². The predicted octanol–water partition coefficient (Wildman–Crippen LogP) is 6.87. The van der Waals surface area contributed by atoms with Crippen LogP contribution in [0.1, 0.15) is 104 Å². The molecule has 0 saturated carbocycles. The lowest BCUT2D eigenvalue weighted by Crippen LogP contribution is -2.03. The zero-order valence-electron chi connectivity index (χ0n) is 14.3. The van der Waals surface area contributed by atoms with E-state index in [1.807, 2.05) is 0 Å². The molecule has 0 aromatic rings. The number of unbranched alkanes of at least 4 members (excludes halogenated alkanes) is 8. The molecule has 1 nitrogen and oxygen atoms in total. The molecule has 0 spiro atoms. The molecule has 0 fully saturated rings. The van der Waals surface area contributed by atoms with E-state index in [0.29, 0.717) is 0 Å². The van der Waals surface area contributed by atoms with Gasteiger partial charge >= 0.3 is 0 Å². The summed E-state index contributed by atoms with van der Waals surface area (Å²) in [4.78, 5) is 0. The quantitative estimate of drug-likeness (QED) is 0.318. The summed E-state index contributed by atoms with van der Waals surface area (Å²) in [7, 11) is 0. The van der Waals surface area contributed by atoms with E-state index in [2.05, 4.69) is 26.8 Å². The lowest BCUT2D eigenvalue weighted by Gasteiger charge is -2.17. The molecule has 0 aliphatic carbocycles. The van der Waals surface area contributed by atoms with Crippen LogP contribution in [-0.2, 0) is 0 Å². The second kappa shape index (κ2) is 14.9. The molecule has 0 bridgehead atoms. The Morgan fingerprint density at radius 2 is 1.25 bits per heavy atom. The Kier molecular flexibility index (Phi) is 14.5. The average molecular weight is 280 g/mol. The standard InChI is InChI=1S/C19H37N/c1-4-5-6-8-11-14-18(2)17-19(3)15-12-9-7-10-13-16-20/h18-19H,4-15,17H2,1-3H3. The van der Waals surface area contributed by atoms with Crippen LogP contribution in [0, 0.1) is 23.2 Å². The average Bonchev–Trinajstić information content (AvgIpc) is 2.42. The molecule has 0 radical (unpaired) electrons. The summed E-state index contributed by atoms with van der Waals surface area (Å²) in [6, 6.07) is 2.23. The molecule has 0 saturated heterocycles. The zero-order valence-corrected chi connectivity index (χ0v) is 14.3. The maximum Gasteiger partial charge on any atom is 0.0621 e. The summed E-state index contributed by atoms with van der Waals surface area (Å²) in [5.74, 6) is 1.79. The minimum absolute atomic E-state index is 0.741. The van der Waals surface area contributed by atoms with Gasteiger partial charge in [-0.05, 0) is 24.7 Å². The first kappa shape index (κ1) is 19.5. The molecule has 20 heavy (non-hydrogen) atoms. The minimum Gasteiger partial charge on any atom is -0.198 e. The molecular weight excluding hydrogens is 242 g/mol. The van der Waals surface area contributed by atoms with E-state index in [-0.39, 0.29) is 0 Å². The van der Waals surface area contributed by atoms with Crippen LogP contribution in [0.25, 0.3) is 0 Å². The van der Waals surface area contributed by atoms with Crippen molar-refractivity contribution in [2.75, 3.05) is 0 Å². The van der Waals surface area contributed by atoms with E-state index in [1.165, 1.54) is 70.6 Å². The van der Waals surface area contributed by atoms with Gasteiger partial charge in [-0.15, -0.1) is 0 Å². The molecule has 2 atom stereocenters. The largest absolute Gasteiger partial charge is 0.198 e. The van der Waals surface area contributed by atoms with Gasteiger partial charge in [0.1, 0.15) is 0 Å². The maximum absolute atomic E-state index is 8.48. The lowest BCUT2D eigenvalue weighted by molar-refractivity contribution is 0.357. The molecule has 0 aromatic carbocycles. The van der Waals surface area contributed by atoms with Crippen LogP contribution in [0.4, 0.5) is 0 Å². The van der Waals surface area contributed by atoms with Gasteiger partial charge in [0.05, 0.1) is 6.07 Å². The Morgan fingerprint density at radius 1 is 0.750 bits per heavy atom. The second-order valence-corrected chi connectivity index (χ2v) is 6.76. The lowest BCUT2D eigenvalue weighted by atomic mass is 9.89. The Hall–Kier alpha value is -0.510. The zero-order chi connectivity index (χ0) is 15.1. The fraction of sp³-hybridized carbons (Fsp3) is 0.947. The highest BCUT2D eigenvalue weighted by atomic mass is 14.2. The van der Waals surface area contributed by atoms with Gasteiger partial charge in [-0.25, -0.2) is 0 Å². The molecule has 0 amide bonds. The van der Waals surface area contributed by atoms with Crippen LogP contribution in [-0.4, -0.2) is 0 Å². The third kappa shape index (κ3) is 13.9. The topological polar surface area (TPSA) is 23.8 Å². The van der Waals surface area contributed by atoms with Crippen molar-refractivity contribution < 1.29 is 0 Å². The highest BCUT2D eigenvalue weighted by molar-refractivity contribution is 4.68. The van der Waals surface area contributed by atoms with Crippen molar-refractivity contribution in [2.24, 2.45) is 11.8 Å². The first-order chi connectivity index (χ1) is 9.70. The normalized spacial score (nSPS) is 13.9. The number of nitrogens with zero attached hydrogens (tertiary/aromatic N) is 1. The number of hydrogen-bond acceptors (Lipinski definition) is 1.